The van der Waals surface area contributed by atoms with Gasteiger partial charge in [-0.1, -0.05) is 6.92 Å². The zero-order valence-corrected chi connectivity index (χ0v) is 9.73. The highest BCUT2D eigenvalue weighted by Gasteiger charge is 2.21. The molecule has 0 aromatic carbocycles. The third kappa shape index (κ3) is 2.61. The Morgan fingerprint density at radius 1 is 1.62 bits per heavy atom. The second kappa shape index (κ2) is 4.65. The van der Waals surface area contributed by atoms with Gasteiger partial charge in [-0.2, -0.15) is 0 Å². The molecule has 5 nitrogen and oxygen atoms in total. The minimum absolute atomic E-state index is 0.0819. The fourth-order valence-electron chi connectivity index (χ4n) is 2.06. The van der Waals surface area contributed by atoms with Gasteiger partial charge in [0.25, 0.3) is 5.91 Å². The minimum atomic E-state index is -0.0819. The maximum absolute atomic E-state index is 11.8. The fourth-order valence-corrected chi connectivity index (χ4v) is 2.06. The molecule has 1 fully saturated rings. The molecule has 2 atom stereocenters. The number of amides is 1. The number of hydrogen-bond acceptors (Lipinski definition) is 3. The Labute approximate surface area is 95.2 Å². The van der Waals surface area contributed by atoms with E-state index in [2.05, 4.69) is 22.5 Å². The molecule has 2 unspecified atom stereocenters. The Hall–Kier alpha value is -1.36. The van der Waals surface area contributed by atoms with Crippen molar-refractivity contribution >= 4 is 5.91 Å². The lowest BCUT2D eigenvalue weighted by Gasteiger charge is -2.28. The Kier molecular flexibility index (Phi) is 3.24. The Balaban J connectivity index is 1.92. The zero-order valence-electron chi connectivity index (χ0n) is 9.73. The highest BCUT2D eigenvalue weighted by Crippen LogP contribution is 2.09. The number of imidazole rings is 1. The molecule has 88 valence electrons. The summed E-state index contributed by atoms with van der Waals surface area (Å²) in [5.74, 6) is 0.532. The number of aromatic nitrogens is 2. The molecule has 1 aromatic rings. The highest BCUT2D eigenvalue weighted by atomic mass is 16.2. The number of carbonyl (C=O) groups is 1. The van der Waals surface area contributed by atoms with Crippen LogP contribution in [0.5, 0.6) is 0 Å². The number of hydrogen-bond donors (Lipinski definition) is 2. The van der Waals surface area contributed by atoms with E-state index in [4.69, 9.17) is 0 Å². The van der Waals surface area contributed by atoms with Crippen LogP contribution in [0.1, 0.15) is 23.8 Å². The zero-order chi connectivity index (χ0) is 11.5. The summed E-state index contributed by atoms with van der Waals surface area (Å²) in [7, 11) is 1.86. The smallest absolute Gasteiger partial charge is 0.271 e. The molecule has 5 heteroatoms. The first-order valence-electron chi connectivity index (χ1n) is 5.64. The highest BCUT2D eigenvalue weighted by molar-refractivity contribution is 5.92. The van der Waals surface area contributed by atoms with Gasteiger partial charge in [-0.25, -0.2) is 4.98 Å². The van der Waals surface area contributed by atoms with Crippen LogP contribution in [0.4, 0.5) is 0 Å². The van der Waals surface area contributed by atoms with Crippen molar-refractivity contribution in [3.63, 3.8) is 0 Å². The van der Waals surface area contributed by atoms with Gasteiger partial charge >= 0.3 is 0 Å². The summed E-state index contributed by atoms with van der Waals surface area (Å²) in [4.78, 5) is 15.8. The molecule has 1 amide bonds. The van der Waals surface area contributed by atoms with Crippen molar-refractivity contribution < 1.29 is 4.79 Å². The van der Waals surface area contributed by atoms with Crippen LogP contribution in [0.15, 0.2) is 12.5 Å². The van der Waals surface area contributed by atoms with E-state index in [1.807, 2.05) is 7.05 Å². The molecule has 0 aliphatic carbocycles. The summed E-state index contributed by atoms with van der Waals surface area (Å²) in [6.45, 7) is 4.07. The number of piperidine rings is 1. The van der Waals surface area contributed by atoms with E-state index in [0.29, 0.717) is 11.6 Å². The van der Waals surface area contributed by atoms with Crippen LogP contribution in [0, 0.1) is 5.92 Å². The van der Waals surface area contributed by atoms with Crippen LogP contribution in [-0.2, 0) is 7.05 Å². The van der Waals surface area contributed by atoms with Gasteiger partial charge in [-0.15, -0.1) is 0 Å². The van der Waals surface area contributed by atoms with Crippen molar-refractivity contribution in [2.75, 3.05) is 13.1 Å². The molecule has 2 rings (SSSR count). The number of carbonyl (C=O) groups excluding carboxylic acids is 1. The lowest BCUT2D eigenvalue weighted by atomic mass is 9.98. The average Bonchev–Trinajstić information content (AvgIpc) is 2.65. The summed E-state index contributed by atoms with van der Waals surface area (Å²) in [5, 5.41) is 6.31. The molecule has 0 bridgehead atoms. The van der Waals surface area contributed by atoms with Crippen molar-refractivity contribution in [2.24, 2.45) is 13.0 Å². The van der Waals surface area contributed by atoms with Gasteiger partial charge in [0, 0.05) is 25.8 Å². The third-order valence-corrected chi connectivity index (χ3v) is 2.84. The quantitative estimate of drug-likeness (QED) is 0.748. The van der Waals surface area contributed by atoms with E-state index >= 15 is 0 Å². The summed E-state index contributed by atoms with van der Waals surface area (Å²) in [6, 6.07) is 0.221. The molecular weight excluding hydrogens is 204 g/mol. The first kappa shape index (κ1) is 11.1. The first-order valence-corrected chi connectivity index (χ1v) is 5.64. The molecule has 1 saturated heterocycles. The summed E-state index contributed by atoms with van der Waals surface area (Å²) < 4.78 is 1.77. The van der Waals surface area contributed by atoms with Gasteiger partial charge in [0.15, 0.2) is 0 Å². The van der Waals surface area contributed by atoms with E-state index in [-0.39, 0.29) is 11.9 Å². The number of nitrogens with one attached hydrogen (secondary N) is 2. The van der Waals surface area contributed by atoms with Crippen LogP contribution in [0.2, 0.25) is 0 Å². The lowest BCUT2D eigenvalue weighted by Crippen LogP contribution is -2.48. The predicted molar refractivity (Wildman–Crippen MR) is 61.1 cm³/mol. The Morgan fingerprint density at radius 3 is 3.06 bits per heavy atom. The number of aryl methyl sites for hydroxylation is 1. The fraction of sp³-hybridized carbons (Fsp3) is 0.636. The van der Waals surface area contributed by atoms with Gasteiger partial charge in [0.05, 0.1) is 6.33 Å². The molecule has 1 aliphatic rings. The summed E-state index contributed by atoms with van der Waals surface area (Å²) in [5.41, 5.74) is 0.487. The number of nitrogens with zero attached hydrogens (tertiary/aromatic N) is 2. The van der Waals surface area contributed by atoms with E-state index in [1.54, 1.807) is 17.1 Å². The lowest BCUT2D eigenvalue weighted by molar-refractivity contribution is 0.0920. The van der Waals surface area contributed by atoms with Crippen LogP contribution >= 0.6 is 0 Å². The first-order chi connectivity index (χ1) is 7.65. The summed E-state index contributed by atoms with van der Waals surface area (Å²) in [6.07, 6.45) is 4.40. The van der Waals surface area contributed by atoms with Gasteiger partial charge in [0.1, 0.15) is 5.69 Å². The molecular formula is C11H18N4O. The van der Waals surface area contributed by atoms with Gasteiger partial charge in [0.2, 0.25) is 0 Å². The normalized spacial score (nSPS) is 25.4. The summed E-state index contributed by atoms with van der Waals surface area (Å²) >= 11 is 0. The third-order valence-electron chi connectivity index (χ3n) is 2.84. The van der Waals surface area contributed by atoms with Crippen LogP contribution < -0.4 is 10.6 Å². The van der Waals surface area contributed by atoms with Crippen LogP contribution in [-0.4, -0.2) is 34.6 Å². The standard InChI is InChI=1S/C11H18N4O/c1-8-3-9(5-12-4-8)14-11(16)10-6-15(2)7-13-10/h6-9,12H,3-5H2,1-2H3,(H,14,16). The van der Waals surface area contributed by atoms with Gasteiger partial charge in [-0.05, 0) is 18.9 Å². The molecule has 2 N–H and O–H groups in total. The van der Waals surface area contributed by atoms with Crippen molar-refractivity contribution in [1.29, 1.82) is 0 Å². The van der Waals surface area contributed by atoms with E-state index in [0.717, 1.165) is 19.5 Å². The molecule has 0 saturated carbocycles. The molecule has 16 heavy (non-hydrogen) atoms. The van der Waals surface area contributed by atoms with Gasteiger partial charge < -0.3 is 15.2 Å². The van der Waals surface area contributed by atoms with E-state index in [9.17, 15) is 4.79 Å². The Morgan fingerprint density at radius 2 is 2.44 bits per heavy atom. The topological polar surface area (TPSA) is 58.9 Å². The predicted octanol–water partition coefficient (Wildman–Crippen LogP) is 0.148. The average molecular weight is 222 g/mol. The van der Waals surface area contributed by atoms with Gasteiger partial charge in [-0.3, -0.25) is 4.79 Å². The second-order valence-corrected chi connectivity index (χ2v) is 4.59. The van der Waals surface area contributed by atoms with E-state index in [1.165, 1.54) is 0 Å². The second-order valence-electron chi connectivity index (χ2n) is 4.59. The van der Waals surface area contributed by atoms with Crippen molar-refractivity contribution in [2.45, 2.75) is 19.4 Å². The largest absolute Gasteiger partial charge is 0.347 e. The van der Waals surface area contributed by atoms with Crippen LogP contribution in [0.25, 0.3) is 0 Å². The van der Waals surface area contributed by atoms with Crippen molar-refractivity contribution in [1.82, 2.24) is 20.2 Å². The number of rotatable bonds is 2. The maximum Gasteiger partial charge on any atom is 0.271 e. The van der Waals surface area contributed by atoms with Crippen molar-refractivity contribution in [3.8, 4) is 0 Å². The SMILES string of the molecule is CC1CNCC(NC(=O)c2cn(C)cn2)C1. The van der Waals surface area contributed by atoms with Crippen molar-refractivity contribution in [3.05, 3.63) is 18.2 Å². The molecule has 0 spiro atoms. The van der Waals surface area contributed by atoms with Crippen LogP contribution in [0.3, 0.4) is 0 Å². The molecule has 0 radical (unpaired) electrons. The molecule has 1 aromatic heterocycles. The maximum atomic E-state index is 11.8. The molecule has 2 heterocycles. The molecule has 1 aliphatic heterocycles. The Bertz CT molecular complexity index is 374. The monoisotopic (exact) mass is 222 g/mol. The van der Waals surface area contributed by atoms with E-state index < -0.39 is 0 Å². The minimum Gasteiger partial charge on any atom is -0.347 e.